The predicted octanol–water partition coefficient (Wildman–Crippen LogP) is 0.162. The Bertz CT molecular complexity index is 564. The standard InChI is InChI=1S/C12H18N6O/c1-3-5-13-7-8-14-11(19)10-16-12-15-6-4-9(2)18(12)17-10/h4,6,13H,3,5,7-8H2,1-2H3,(H,14,19). The van der Waals surface area contributed by atoms with Gasteiger partial charge in [-0.1, -0.05) is 6.92 Å². The first-order chi connectivity index (χ1) is 9.22. The van der Waals surface area contributed by atoms with Crippen LogP contribution < -0.4 is 10.6 Å². The lowest BCUT2D eigenvalue weighted by Gasteiger charge is -2.03. The summed E-state index contributed by atoms with van der Waals surface area (Å²) in [5.41, 5.74) is 0.890. The van der Waals surface area contributed by atoms with Crippen LogP contribution in [0.5, 0.6) is 0 Å². The minimum atomic E-state index is -0.275. The second kappa shape index (κ2) is 6.24. The molecule has 0 fully saturated rings. The van der Waals surface area contributed by atoms with Gasteiger partial charge < -0.3 is 10.6 Å². The highest BCUT2D eigenvalue weighted by Gasteiger charge is 2.13. The van der Waals surface area contributed by atoms with Crippen LogP contribution in [0.15, 0.2) is 12.3 Å². The second-order valence-electron chi connectivity index (χ2n) is 4.24. The van der Waals surface area contributed by atoms with E-state index in [9.17, 15) is 4.79 Å². The van der Waals surface area contributed by atoms with Gasteiger partial charge in [0.15, 0.2) is 0 Å². The quantitative estimate of drug-likeness (QED) is 0.725. The van der Waals surface area contributed by atoms with Gasteiger partial charge in [0.05, 0.1) is 0 Å². The molecule has 0 spiro atoms. The summed E-state index contributed by atoms with van der Waals surface area (Å²) in [6, 6.07) is 1.82. The maximum Gasteiger partial charge on any atom is 0.291 e. The van der Waals surface area contributed by atoms with Crippen molar-refractivity contribution in [2.75, 3.05) is 19.6 Å². The van der Waals surface area contributed by atoms with Crippen molar-refractivity contribution in [1.82, 2.24) is 30.2 Å². The number of nitrogens with one attached hydrogen (secondary N) is 2. The summed E-state index contributed by atoms with van der Waals surface area (Å²) in [4.78, 5) is 20.0. The molecule has 0 unspecified atom stereocenters. The van der Waals surface area contributed by atoms with Crippen LogP contribution in [-0.2, 0) is 0 Å². The van der Waals surface area contributed by atoms with Crippen LogP contribution in [0.25, 0.3) is 5.78 Å². The molecule has 102 valence electrons. The number of rotatable bonds is 6. The minimum Gasteiger partial charge on any atom is -0.348 e. The molecule has 19 heavy (non-hydrogen) atoms. The highest BCUT2D eigenvalue weighted by Crippen LogP contribution is 2.01. The number of fused-ring (bicyclic) bond motifs is 1. The molecule has 0 aliphatic rings. The highest BCUT2D eigenvalue weighted by molar-refractivity contribution is 5.90. The van der Waals surface area contributed by atoms with E-state index in [-0.39, 0.29) is 11.7 Å². The predicted molar refractivity (Wildman–Crippen MR) is 71.0 cm³/mol. The van der Waals surface area contributed by atoms with Crippen molar-refractivity contribution in [3.8, 4) is 0 Å². The zero-order valence-corrected chi connectivity index (χ0v) is 11.2. The topological polar surface area (TPSA) is 84.2 Å². The number of aryl methyl sites for hydroxylation is 1. The van der Waals surface area contributed by atoms with Gasteiger partial charge in [-0.05, 0) is 26.0 Å². The third-order valence-electron chi connectivity index (χ3n) is 2.65. The molecule has 0 atom stereocenters. The van der Waals surface area contributed by atoms with Gasteiger partial charge >= 0.3 is 0 Å². The average Bonchev–Trinajstić information content (AvgIpc) is 2.84. The van der Waals surface area contributed by atoms with Crippen molar-refractivity contribution in [3.63, 3.8) is 0 Å². The Morgan fingerprint density at radius 1 is 1.37 bits per heavy atom. The van der Waals surface area contributed by atoms with Gasteiger partial charge in [-0.15, -0.1) is 5.10 Å². The molecule has 2 aromatic heterocycles. The van der Waals surface area contributed by atoms with E-state index in [0.29, 0.717) is 12.3 Å². The first kappa shape index (κ1) is 13.4. The number of hydrogen-bond donors (Lipinski definition) is 2. The molecular weight excluding hydrogens is 244 g/mol. The van der Waals surface area contributed by atoms with Crippen molar-refractivity contribution >= 4 is 11.7 Å². The molecule has 0 aliphatic heterocycles. The van der Waals surface area contributed by atoms with E-state index in [1.807, 2.05) is 13.0 Å². The number of amides is 1. The van der Waals surface area contributed by atoms with Gasteiger partial charge in [-0.3, -0.25) is 4.79 Å². The van der Waals surface area contributed by atoms with Crippen LogP contribution in [0, 0.1) is 6.92 Å². The monoisotopic (exact) mass is 262 g/mol. The third-order valence-corrected chi connectivity index (χ3v) is 2.65. The molecule has 0 aliphatic carbocycles. The Morgan fingerprint density at radius 2 is 2.21 bits per heavy atom. The van der Waals surface area contributed by atoms with E-state index >= 15 is 0 Å². The number of carbonyl (C=O) groups is 1. The summed E-state index contributed by atoms with van der Waals surface area (Å²) < 4.78 is 1.56. The molecule has 2 heterocycles. The molecule has 0 aromatic carbocycles. The molecule has 0 saturated carbocycles. The molecule has 1 amide bonds. The van der Waals surface area contributed by atoms with E-state index in [1.54, 1.807) is 10.7 Å². The first-order valence-corrected chi connectivity index (χ1v) is 6.39. The van der Waals surface area contributed by atoms with Gasteiger partial charge in [0.1, 0.15) is 0 Å². The van der Waals surface area contributed by atoms with Crippen molar-refractivity contribution in [2.45, 2.75) is 20.3 Å². The number of aromatic nitrogens is 4. The zero-order chi connectivity index (χ0) is 13.7. The Morgan fingerprint density at radius 3 is 2.95 bits per heavy atom. The van der Waals surface area contributed by atoms with Crippen LogP contribution in [-0.4, -0.2) is 45.1 Å². The van der Waals surface area contributed by atoms with Crippen LogP contribution in [0.2, 0.25) is 0 Å². The van der Waals surface area contributed by atoms with Crippen molar-refractivity contribution in [2.24, 2.45) is 0 Å². The number of carbonyl (C=O) groups excluding carboxylic acids is 1. The largest absolute Gasteiger partial charge is 0.348 e. The highest BCUT2D eigenvalue weighted by atomic mass is 16.2. The van der Waals surface area contributed by atoms with Gasteiger partial charge in [0.2, 0.25) is 5.82 Å². The molecule has 0 saturated heterocycles. The summed E-state index contributed by atoms with van der Waals surface area (Å²) >= 11 is 0. The Hall–Kier alpha value is -2.02. The fourth-order valence-electron chi connectivity index (χ4n) is 1.65. The van der Waals surface area contributed by atoms with Crippen LogP contribution in [0.3, 0.4) is 0 Å². The lowest BCUT2D eigenvalue weighted by atomic mass is 10.4. The molecule has 7 heteroatoms. The molecular formula is C12H18N6O. The first-order valence-electron chi connectivity index (χ1n) is 6.39. The number of hydrogen-bond acceptors (Lipinski definition) is 5. The molecule has 2 aromatic rings. The van der Waals surface area contributed by atoms with Gasteiger partial charge in [0, 0.05) is 25.0 Å². The van der Waals surface area contributed by atoms with Gasteiger partial charge in [-0.25, -0.2) is 9.50 Å². The Kier molecular flexibility index (Phi) is 4.40. The van der Waals surface area contributed by atoms with E-state index in [2.05, 4.69) is 32.6 Å². The lowest BCUT2D eigenvalue weighted by Crippen LogP contribution is -2.32. The summed E-state index contributed by atoms with van der Waals surface area (Å²) in [7, 11) is 0. The van der Waals surface area contributed by atoms with Crippen LogP contribution in [0.1, 0.15) is 29.7 Å². The number of nitrogens with zero attached hydrogens (tertiary/aromatic N) is 4. The molecule has 0 radical (unpaired) electrons. The second-order valence-corrected chi connectivity index (χ2v) is 4.24. The third kappa shape index (κ3) is 3.25. The van der Waals surface area contributed by atoms with E-state index in [4.69, 9.17) is 0 Å². The van der Waals surface area contributed by atoms with Crippen molar-refractivity contribution < 1.29 is 4.79 Å². The lowest BCUT2D eigenvalue weighted by molar-refractivity contribution is 0.0944. The van der Waals surface area contributed by atoms with Crippen molar-refractivity contribution in [3.05, 3.63) is 23.8 Å². The SMILES string of the molecule is CCCNCCNC(=O)c1nc2nccc(C)n2n1. The zero-order valence-electron chi connectivity index (χ0n) is 11.2. The van der Waals surface area contributed by atoms with Crippen molar-refractivity contribution in [1.29, 1.82) is 0 Å². The van der Waals surface area contributed by atoms with E-state index < -0.39 is 0 Å². The minimum absolute atomic E-state index is 0.150. The Balaban J connectivity index is 1.96. The smallest absolute Gasteiger partial charge is 0.291 e. The molecule has 0 bridgehead atoms. The van der Waals surface area contributed by atoms with Gasteiger partial charge in [0.25, 0.3) is 11.7 Å². The fraction of sp³-hybridized carbons (Fsp3) is 0.500. The summed E-state index contributed by atoms with van der Waals surface area (Å²) in [5, 5.41) is 10.1. The van der Waals surface area contributed by atoms with Crippen LogP contribution in [0.4, 0.5) is 0 Å². The summed E-state index contributed by atoms with van der Waals surface area (Å²) in [6.45, 7) is 6.23. The maximum atomic E-state index is 11.9. The summed E-state index contributed by atoms with van der Waals surface area (Å²) in [6.07, 6.45) is 2.72. The molecule has 7 nitrogen and oxygen atoms in total. The molecule has 2 rings (SSSR count). The van der Waals surface area contributed by atoms with Gasteiger partial charge in [-0.2, -0.15) is 4.98 Å². The molecule has 2 N–H and O–H groups in total. The van der Waals surface area contributed by atoms with Crippen LogP contribution >= 0.6 is 0 Å². The fourth-order valence-corrected chi connectivity index (χ4v) is 1.65. The van der Waals surface area contributed by atoms with E-state index in [1.165, 1.54) is 0 Å². The average molecular weight is 262 g/mol. The normalized spacial score (nSPS) is 10.8. The Labute approximate surface area is 111 Å². The maximum absolute atomic E-state index is 11.9. The van der Waals surface area contributed by atoms with E-state index in [0.717, 1.165) is 25.2 Å². The summed E-state index contributed by atoms with van der Waals surface area (Å²) in [5.74, 6) is 0.315.